The Bertz CT molecular complexity index is 169. The van der Waals surface area contributed by atoms with Gasteiger partial charge in [-0.1, -0.05) is 27.7 Å². The van der Waals surface area contributed by atoms with Crippen molar-refractivity contribution in [3.63, 3.8) is 0 Å². The second-order valence-corrected chi connectivity index (χ2v) is 5.20. The first-order chi connectivity index (χ1) is 6.49. The van der Waals surface area contributed by atoms with E-state index in [4.69, 9.17) is 0 Å². The molecule has 0 saturated carbocycles. The monoisotopic (exact) mass is 217 g/mol. The Morgan fingerprint density at radius 2 is 1.86 bits per heavy atom. The summed E-state index contributed by atoms with van der Waals surface area (Å²) in [6, 6.07) is 0.423. The minimum absolute atomic E-state index is 0.0439. The molecule has 3 heteroatoms. The number of Topliss-reactive ketones (excluding diaryl/α,β-unsaturated/α-hetero) is 1. The second kappa shape index (κ2) is 7.30. The van der Waals surface area contributed by atoms with E-state index in [1.54, 1.807) is 11.8 Å². The molecule has 0 aromatic carbocycles. The fourth-order valence-electron chi connectivity index (χ4n) is 1.35. The first-order valence-corrected chi connectivity index (χ1v) is 6.67. The molecule has 0 heterocycles. The van der Waals surface area contributed by atoms with Crippen LogP contribution in [0.25, 0.3) is 0 Å². The zero-order valence-corrected chi connectivity index (χ0v) is 10.8. The molecule has 0 fully saturated rings. The van der Waals surface area contributed by atoms with Gasteiger partial charge in [0.25, 0.3) is 0 Å². The molecule has 0 aliphatic heterocycles. The molecule has 2 nitrogen and oxygen atoms in total. The van der Waals surface area contributed by atoms with Crippen molar-refractivity contribution in [3.05, 3.63) is 0 Å². The van der Waals surface area contributed by atoms with Crippen LogP contribution in [0.1, 0.15) is 34.1 Å². The SMILES string of the molecule is CSCCC(NC(C)C)C(=O)C(C)C. The average molecular weight is 217 g/mol. The highest BCUT2D eigenvalue weighted by Gasteiger charge is 2.20. The van der Waals surface area contributed by atoms with Gasteiger partial charge in [0, 0.05) is 12.0 Å². The molecule has 0 saturated heterocycles. The number of carbonyl (C=O) groups excluding carboxylic acids is 1. The smallest absolute Gasteiger partial charge is 0.152 e. The molecule has 0 radical (unpaired) electrons. The summed E-state index contributed by atoms with van der Waals surface area (Å²) >= 11 is 1.79. The van der Waals surface area contributed by atoms with Crippen molar-refractivity contribution in [1.29, 1.82) is 0 Å². The number of hydrogen-bond acceptors (Lipinski definition) is 3. The zero-order chi connectivity index (χ0) is 11.1. The summed E-state index contributed by atoms with van der Waals surface area (Å²) in [5.74, 6) is 1.52. The number of carbonyl (C=O) groups is 1. The van der Waals surface area contributed by atoms with Crippen molar-refractivity contribution < 1.29 is 4.79 Å². The Morgan fingerprint density at radius 3 is 2.21 bits per heavy atom. The van der Waals surface area contributed by atoms with E-state index in [0.29, 0.717) is 11.8 Å². The van der Waals surface area contributed by atoms with E-state index in [-0.39, 0.29) is 12.0 Å². The lowest BCUT2D eigenvalue weighted by molar-refractivity contribution is -0.124. The molecule has 0 rings (SSSR count). The van der Waals surface area contributed by atoms with Crippen LogP contribution < -0.4 is 5.32 Å². The van der Waals surface area contributed by atoms with Crippen molar-refractivity contribution in [1.82, 2.24) is 5.32 Å². The number of nitrogens with one attached hydrogen (secondary N) is 1. The Kier molecular flexibility index (Phi) is 7.28. The third kappa shape index (κ3) is 5.66. The number of hydrogen-bond donors (Lipinski definition) is 1. The summed E-state index contributed by atoms with van der Waals surface area (Å²) in [6.45, 7) is 8.10. The lowest BCUT2D eigenvalue weighted by atomic mass is 9.99. The summed E-state index contributed by atoms with van der Waals surface area (Å²) in [7, 11) is 0. The Labute approximate surface area is 92.2 Å². The summed E-state index contributed by atoms with van der Waals surface area (Å²) < 4.78 is 0. The Morgan fingerprint density at radius 1 is 1.29 bits per heavy atom. The van der Waals surface area contributed by atoms with Crippen LogP contribution in [0.2, 0.25) is 0 Å². The van der Waals surface area contributed by atoms with Crippen molar-refractivity contribution in [2.45, 2.75) is 46.2 Å². The molecule has 0 spiro atoms. The van der Waals surface area contributed by atoms with Crippen LogP contribution in [-0.2, 0) is 4.79 Å². The van der Waals surface area contributed by atoms with E-state index in [0.717, 1.165) is 12.2 Å². The van der Waals surface area contributed by atoms with E-state index >= 15 is 0 Å². The third-order valence-corrected chi connectivity index (χ3v) is 2.70. The molecule has 84 valence electrons. The van der Waals surface area contributed by atoms with Crippen LogP contribution in [0.4, 0.5) is 0 Å². The number of rotatable bonds is 7. The van der Waals surface area contributed by atoms with E-state index in [9.17, 15) is 4.79 Å². The molecule has 1 atom stereocenters. The van der Waals surface area contributed by atoms with Gasteiger partial charge >= 0.3 is 0 Å². The van der Waals surface area contributed by atoms with Crippen LogP contribution in [0, 0.1) is 5.92 Å². The standard InChI is InChI=1S/C11H23NOS/c1-8(2)11(13)10(6-7-14-5)12-9(3)4/h8-10,12H,6-7H2,1-5H3. The van der Waals surface area contributed by atoms with Crippen molar-refractivity contribution in [2.75, 3.05) is 12.0 Å². The van der Waals surface area contributed by atoms with E-state index < -0.39 is 0 Å². The first kappa shape index (κ1) is 14.0. The lowest BCUT2D eigenvalue weighted by Gasteiger charge is -2.21. The predicted octanol–water partition coefficient (Wildman–Crippen LogP) is 2.33. The fourth-order valence-corrected chi connectivity index (χ4v) is 1.82. The highest BCUT2D eigenvalue weighted by molar-refractivity contribution is 7.98. The highest BCUT2D eigenvalue weighted by Crippen LogP contribution is 2.08. The molecule has 1 unspecified atom stereocenters. The normalized spacial score (nSPS) is 13.6. The van der Waals surface area contributed by atoms with Crippen LogP contribution in [0.3, 0.4) is 0 Å². The predicted molar refractivity (Wildman–Crippen MR) is 64.9 cm³/mol. The molecular formula is C11H23NOS. The van der Waals surface area contributed by atoms with Crippen LogP contribution in [0.5, 0.6) is 0 Å². The van der Waals surface area contributed by atoms with Crippen molar-refractivity contribution >= 4 is 17.5 Å². The zero-order valence-electron chi connectivity index (χ0n) is 9.96. The third-order valence-electron chi connectivity index (χ3n) is 2.06. The van der Waals surface area contributed by atoms with Crippen LogP contribution in [-0.4, -0.2) is 29.9 Å². The van der Waals surface area contributed by atoms with Gasteiger partial charge in [-0.25, -0.2) is 0 Å². The topological polar surface area (TPSA) is 29.1 Å². The van der Waals surface area contributed by atoms with Crippen molar-refractivity contribution in [3.8, 4) is 0 Å². The van der Waals surface area contributed by atoms with Crippen LogP contribution >= 0.6 is 11.8 Å². The summed E-state index contributed by atoms with van der Waals surface area (Å²) in [5.41, 5.74) is 0. The summed E-state index contributed by atoms with van der Waals surface area (Å²) in [4.78, 5) is 11.8. The molecule has 0 aliphatic carbocycles. The molecule has 0 aromatic rings. The van der Waals surface area contributed by atoms with E-state index in [2.05, 4.69) is 25.4 Å². The quantitative estimate of drug-likeness (QED) is 0.709. The molecule has 0 amide bonds. The summed E-state index contributed by atoms with van der Waals surface area (Å²) in [5, 5.41) is 3.33. The van der Waals surface area contributed by atoms with E-state index in [1.165, 1.54) is 0 Å². The minimum atomic E-state index is 0.0439. The van der Waals surface area contributed by atoms with Gasteiger partial charge in [-0.15, -0.1) is 0 Å². The highest BCUT2D eigenvalue weighted by atomic mass is 32.2. The van der Waals surface area contributed by atoms with Gasteiger partial charge in [-0.3, -0.25) is 4.79 Å². The maximum Gasteiger partial charge on any atom is 0.152 e. The summed E-state index contributed by atoms with van der Waals surface area (Å²) in [6.07, 6.45) is 3.02. The van der Waals surface area contributed by atoms with Gasteiger partial charge in [0.05, 0.1) is 6.04 Å². The van der Waals surface area contributed by atoms with Gasteiger partial charge in [0.1, 0.15) is 0 Å². The maximum atomic E-state index is 11.8. The van der Waals surface area contributed by atoms with Gasteiger partial charge in [0.15, 0.2) is 5.78 Å². The van der Waals surface area contributed by atoms with Crippen LogP contribution in [0.15, 0.2) is 0 Å². The fraction of sp³-hybridized carbons (Fsp3) is 0.909. The molecule has 0 bridgehead atoms. The Balaban J connectivity index is 4.15. The van der Waals surface area contributed by atoms with Gasteiger partial charge in [-0.2, -0.15) is 11.8 Å². The first-order valence-electron chi connectivity index (χ1n) is 5.27. The molecular weight excluding hydrogens is 194 g/mol. The lowest BCUT2D eigenvalue weighted by Crippen LogP contribution is -2.43. The van der Waals surface area contributed by atoms with E-state index in [1.807, 2.05) is 13.8 Å². The molecule has 14 heavy (non-hydrogen) atoms. The number of thioether (sulfide) groups is 1. The minimum Gasteiger partial charge on any atom is -0.305 e. The average Bonchev–Trinajstić information content (AvgIpc) is 2.10. The number of ketones is 1. The van der Waals surface area contributed by atoms with Gasteiger partial charge in [-0.05, 0) is 18.4 Å². The van der Waals surface area contributed by atoms with Gasteiger partial charge < -0.3 is 5.32 Å². The second-order valence-electron chi connectivity index (χ2n) is 4.21. The molecule has 0 aromatic heterocycles. The Hall–Kier alpha value is -0.0200. The largest absolute Gasteiger partial charge is 0.305 e. The molecule has 1 N–H and O–H groups in total. The van der Waals surface area contributed by atoms with Gasteiger partial charge in [0.2, 0.25) is 0 Å². The maximum absolute atomic E-state index is 11.8. The van der Waals surface area contributed by atoms with Crippen molar-refractivity contribution in [2.24, 2.45) is 5.92 Å². The molecule has 0 aliphatic rings.